The predicted molar refractivity (Wildman–Crippen MR) is 104 cm³/mol. The van der Waals surface area contributed by atoms with Gasteiger partial charge in [0.15, 0.2) is 12.4 Å². The third-order valence-electron chi connectivity index (χ3n) is 4.83. The number of amides is 1. The molecule has 10 heteroatoms. The summed E-state index contributed by atoms with van der Waals surface area (Å²) in [6, 6.07) is 3.49. The maximum atomic E-state index is 12.6. The van der Waals surface area contributed by atoms with Gasteiger partial charge in [0.05, 0.1) is 9.82 Å². The molecule has 1 heterocycles. The van der Waals surface area contributed by atoms with E-state index in [9.17, 15) is 23.3 Å². The highest BCUT2D eigenvalue weighted by Crippen LogP contribution is 2.31. The Kier molecular flexibility index (Phi) is 7.36. The number of sulfonamides is 1. The maximum Gasteiger partial charge on any atom is 0.312 e. The lowest BCUT2D eigenvalue weighted by molar-refractivity contribution is -0.386. The van der Waals surface area contributed by atoms with Crippen LogP contribution >= 0.6 is 0 Å². The second kappa shape index (κ2) is 9.33. The van der Waals surface area contributed by atoms with Gasteiger partial charge in [-0.1, -0.05) is 20.8 Å². The number of nitro benzene ring substituents is 1. The molecule has 1 aromatic rings. The van der Waals surface area contributed by atoms with Crippen LogP contribution in [0.2, 0.25) is 0 Å². The molecule has 1 fully saturated rings. The largest absolute Gasteiger partial charge is 0.477 e. The van der Waals surface area contributed by atoms with E-state index >= 15 is 0 Å². The van der Waals surface area contributed by atoms with E-state index in [0.29, 0.717) is 19.0 Å². The number of carbonyl (C=O) groups is 1. The normalized spacial score (nSPS) is 17.6. The molecule has 28 heavy (non-hydrogen) atoms. The lowest BCUT2D eigenvalue weighted by atomic mass is 10.0. The van der Waals surface area contributed by atoms with Crippen molar-refractivity contribution in [1.82, 2.24) is 9.21 Å². The smallest absolute Gasteiger partial charge is 0.312 e. The Morgan fingerprint density at radius 2 is 2.04 bits per heavy atom. The molecule has 1 saturated heterocycles. The summed E-state index contributed by atoms with van der Waals surface area (Å²) in [5, 5.41) is 11.4. The fourth-order valence-corrected chi connectivity index (χ4v) is 4.76. The maximum absolute atomic E-state index is 12.6. The van der Waals surface area contributed by atoms with Gasteiger partial charge in [-0.3, -0.25) is 14.9 Å². The molecular formula is C18H27N3O6S. The summed E-state index contributed by atoms with van der Waals surface area (Å²) in [5.41, 5.74) is -0.479. The van der Waals surface area contributed by atoms with Crippen molar-refractivity contribution in [2.75, 3.05) is 32.8 Å². The molecule has 1 aliphatic rings. The Balaban J connectivity index is 2.19. The van der Waals surface area contributed by atoms with Gasteiger partial charge < -0.3 is 9.64 Å². The minimum absolute atomic E-state index is 0.123. The van der Waals surface area contributed by atoms with Gasteiger partial charge in [-0.05, 0) is 30.9 Å². The van der Waals surface area contributed by atoms with Crippen LogP contribution in [-0.4, -0.2) is 61.2 Å². The number of piperidine rings is 1. The number of hydrogen-bond donors (Lipinski definition) is 0. The molecule has 1 unspecified atom stereocenters. The number of carbonyl (C=O) groups excluding carboxylic acids is 1. The zero-order chi connectivity index (χ0) is 20.9. The third-order valence-corrected chi connectivity index (χ3v) is 6.88. The molecule has 0 aliphatic carbocycles. The molecule has 9 nitrogen and oxygen atoms in total. The number of rotatable bonds is 8. The molecular weight excluding hydrogens is 386 g/mol. The summed E-state index contributed by atoms with van der Waals surface area (Å²) in [6.45, 7) is 6.94. The average molecular weight is 413 g/mol. The van der Waals surface area contributed by atoms with Crippen LogP contribution in [0.5, 0.6) is 5.75 Å². The van der Waals surface area contributed by atoms with E-state index in [-0.39, 0.29) is 36.2 Å². The average Bonchev–Trinajstić information content (AvgIpc) is 2.66. The molecule has 2 rings (SSSR count). The van der Waals surface area contributed by atoms with Crippen molar-refractivity contribution in [2.24, 2.45) is 5.92 Å². The Morgan fingerprint density at radius 1 is 1.36 bits per heavy atom. The summed E-state index contributed by atoms with van der Waals surface area (Å²) in [5.74, 6) is 0.0548. The minimum Gasteiger partial charge on any atom is -0.477 e. The van der Waals surface area contributed by atoms with Crippen molar-refractivity contribution in [2.45, 2.75) is 38.5 Å². The lowest BCUT2D eigenvalue weighted by Gasteiger charge is -2.30. The highest BCUT2D eigenvalue weighted by molar-refractivity contribution is 7.89. The van der Waals surface area contributed by atoms with E-state index in [4.69, 9.17) is 4.74 Å². The molecule has 0 aromatic heterocycles. The number of ether oxygens (including phenoxy) is 1. The molecule has 0 N–H and O–H groups in total. The van der Waals surface area contributed by atoms with Gasteiger partial charge >= 0.3 is 5.69 Å². The molecule has 1 amide bonds. The van der Waals surface area contributed by atoms with Gasteiger partial charge in [0.25, 0.3) is 5.91 Å². The van der Waals surface area contributed by atoms with Gasteiger partial charge in [-0.25, -0.2) is 8.42 Å². The summed E-state index contributed by atoms with van der Waals surface area (Å²) >= 11 is 0. The monoisotopic (exact) mass is 413 g/mol. The van der Waals surface area contributed by atoms with Crippen LogP contribution in [0.4, 0.5) is 5.69 Å². The van der Waals surface area contributed by atoms with Crippen LogP contribution in [0.15, 0.2) is 23.1 Å². The second-order valence-corrected chi connectivity index (χ2v) is 8.79. The Labute approximate surface area is 165 Å². The molecule has 0 bridgehead atoms. The zero-order valence-electron chi connectivity index (χ0n) is 16.5. The molecule has 156 valence electrons. The number of nitro groups is 1. The first-order chi connectivity index (χ1) is 13.2. The topological polar surface area (TPSA) is 110 Å². The predicted octanol–water partition coefficient (Wildman–Crippen LogP) is 2.26. The first kappa shape index (κ1) is 22.1. The van der Waals surface area contributed by atoms with Crippen molar-refractivity contribution in [3.63, 3.8) is 0 Å². The van der Waals surface area contributed by atoms with E-state index in [2.05, 4.69) is 6.92 Å². The van der Waals surface area contributed by atoms with Crippen molar-refractivity contribution in [3.8, 4) is 5.75 Å². The Morgan fingerprint density at radius 3 is 2.61 bits per heavy atom. The molecule has 0 saturated carbocycles. The van der Waals surface area contributed by atoms with E-state index in [1.165, 1.54) is 16.4 Å². The van der Waals surface area contributed by atoms with Crippen LogP contribution in [0, 0.1) is 16.0 Å². The second-order valence-electron chi connectivity index (χ2n) is 6.85. The lowest BCUT2D eigenvalue weighted by Crippen LogP contribution is -2.41. The van der Waals surface area contributed by atoms with Crippen molar-refractivity contribution in [1.29, 1.82) is 0 Å². The summed E-state index contributed by atoms with van der Waals surface area (Å²) < 4.78 is 31.8. The van der Waals surface area contributed by atoms with Crippen molar-refractivity contribution < 1.29 is 22.9 Å². The van der Waals surface area contributed by atoms with Gasteiger partial charge in [-0.15, -0.1) is 0 Å². The van der Waals surface area contributed by atoms with Crippen LogP contribution in [0.1, 0.15) is 33.6 Å². The van der Waals surface area contributed by atoms with E-state index in [1.54, 1.807) is 18.7 Å². The highest BCUT2D eigenvalue weighted by Gasteiger charge is 2.27. The first-order valence-corrected chi connectivity index (χ1v) is 10.8. The quantitative estimate of drug-likeness (QED) is 0.478. The Hall–Kier alpha value is -2.20. The number of likely N-dealkylation sites (tertiary alicyclic amines) is 1. The van der Waals surface area contributed by atoms with Crippen molar-refractivity contribution >= 4 is 21.6 Å². The van der Waals surface area contributed by atoms with E-state index in [1.807, 2.05) is 0 Å². The van der Waals surface area contributed by atoms with Crippen LogP contribution in [-0.2, 0) is 14.8 Å². The summed E-state index contributed by atoms with van der Waals surface area (Å²) in [4.78, 5) is 24.6. The zero-order valence-corrected chi connectivity index (χ0v) is 17.3. The van der Waals surface area contributed by atoms with Gasteiger partial charge in [0, 0.05) is 32.2 Å². The molecule has 1 atom stereocenters. The fraction of sp³-hybridized carbons (Fsp3) is 0.611. The van der Waals surface area contributed by atoms with Gasteiger partial charge in [0.2, 0.25) is 10.0 Å². The number of benzene rings is 1. The highest BCUT2D eigenvalue weighted by atomic mass is 32.2. The fourth-order valence-electron chi connectivity index (χ4n) is 3.28. The third kappa shape index (κ3) is 4.99. The number of hydrogen-bond acceptors (Lipinski definition) is 6. The molecule has 1 aliphatic heterocycles. The minimum atomic E-state index is -3.83. The number of nitrogens with zero attached hydrogens (tertiary/aromatic N) is 3. The Bertz CT molecular complexity index is 823. The standard InChI is InChI=1S/C18H27N3O6S/c1-4-20(5-2)28(25,26)15-8-9-17(16(11-15)21(23)24)27-13-18(22)19-10-6-7-14(3)12-19/h8-9,11,14H,4-7,10,12-13H2,1-3H3. The van der Waals surface area contributed by atoms with Crippen LogP contribution in [0.25, 0.3) is 0 Å². The molecule has 0 spiro atoms. The van der Waals surface area contributed by atoms with Gasteiger partial charge in [0.1, 0.15) is 0 Å². The van der Waals surface area contributed by atoms with Crippen LogP contribution < -0.4 is 4.74 Å². The molecule has 1 aromatic carbocycles. The molecule has 0 radical (unpaired) electrons. The van der Waals surface area contributed by atoms with E-state index in [0.717, 1.165) is 18.9 Å². The van der Waals surface area contributed by atoms with Gasteiger partial charge in [-0.2, -0.15) is 4.31 Å². The van der Waals surface area contributed by atoms with Crippen LogP contribution in [0.3, 0.4) is 0 Å². The summed E-state index contributed by atoms with van der Waals surface area (Å²) in [6.07, 6.45) is 1.99. The first-order valence-electron chi connectivity index (χ1n) is 9.39. The SMILES string of the molecule is CCN(CC)S(=O)(=O)c1ccc(OCC(=O)N2CCCC(C)C2)c([N+](=O)[O-])c1. The summed E-state index contributed by atoms with van der Waals surface area (Å²) in [7, 11) is -3.83. The van der Waals surface area contributed by atoms with E-state index < -0.39 is 20.6 Å². The van der Waals surface area contributed by atoms with Crippen molar-refractivity contribution in [3.05, 3.63) is 28.3 Å².